The molecule has 0 saturated heterocycles. The van der Waals surface area contributed by atoms with E-state index in [0.717, 1.165) is 44.1 Å². The summed E-state index contributed by atoms with van der Waals surface area (Å²) in [6, 6.07) is 25.9. The first-order valence-electron chi connectivity index (χ1n) is 11.9. The molecule has 5 nitrogen and oxygen atoms in total. The number of hydrogen-bond donors (Lipinski definition) is 1. The van der Waals surface area contributed by atoms with Crippen LogP contribution in [0.5, 0.6) is 5.75 Å². The van der Waals surface area contributed by atoms with Gasteiger partial charge in [-0.1, -0.05) is 42.5 Å². The summed E-state index contributed by atoms with van der Waals surface area (Å²) in [5, 5.41) is 2.76. The van der Waals surface area contributed by atoms with Crippen molar-refractivity contribution >= 4 is 38.7 Å². The van der Waals surface area contributed by atoms with Gasteiger partial charge in [0.25, 0.3) is 0 Å². The van der Waals surface area contributed by atoms with Crippen molar-refractivity contribution in [3.63, 3.8) is 0 Å². The van der Waals surface area contributed by atoms with Gasteiger partial charge in [-0.05, 0) is 60.9 Å². The van der Waals surface area contributed by atoms with Crippen LogP contribution in [0.3, 0.4) is 0 Å². The summed E-state index contributed by atoms with van der Waals surface area (Å²) in [6.45, 7) is 0. The minimum absolute atomic E-state index is 0.218. The molecule has 3 aromatic carbocycles. The molecule has 6 aromatic rings. The number of para-hydroxylation sites is 2. The van der Waals surface area contributed by atoms with E-state index < -0.39 is 0 Å². The van der Waals surface area contributed by atoms with Gasteiger partial charge < -0.3 is 9.72 Å². The van der Waals surface area contributed by atoms with Crippen LogP contribution in [0.25, 0.3) is 44.1 Å². The van der Waals surface area contributed by atoms with Crippen LogP contribution in [0.1, 0.15) is 18.4 Å². The Morgan fingerprint density at radius 1 is 0.917 bits per heavy atom. The van der Waals surface area contributed by atoms with Gasteiger partial charge in [0.15, 0.2) is 5.75 Å². The van der Waals surface area contributed by atoms with Crippen molar-refractivity contribution in [2.45, 2.75) is 19.3 Å². The molecule has 0 radical (unpaired) electrons. The highest BCUT2D eigenvalue weighted by atomic mass is 19.1. The van der Waals surface area contributed by atoms with Gasteiger partial charge in [-0.3, -0.25) is 9.78 Å². The number of nitrogens with zero attached hydrogens (tertiary/aromatic N) is 2. The molecular formula is C30H22FN3O2. The Hall–Kier alpha value is -4.58. The van der Waals surface area contributed by atoms with Crippen LogP contribution in [0.15, 0.2) is 91.1 Å². The van der Waals surface area contributed by atoms with E-state index in [2.05, 4.69) is 9.97 Å². The number of esters is 1. The summed E-state index contributed by atoms with van der Waals surface area (Å²) in [6.07, 6.45) is 3.01. The topological polar surface area (TPSA) is 67.9 Å². The lowest BCUT2D eigenvalue weighted by atomic mass is 10.0. The second-order valence-electron chi connectivity index (χ2n) is 8.72. The molecule has 0 bridgehead atoms. The average molecular weight is 476 g/mol. The zero-order valence-corrected chi connectivity index (χ0v) is 19.4. The second-order valence-corrected chi connectivity index (χ2v) is 8.72. The lowest BCUT2D eigenvalue weighted by Gasteiger charge is -2.08. The molecular weight excluding hydrogens is 453 g/mol. The Kier molecular flexibility index (Phi) is 5.62. The summed E-state index contributed by atoms with van der Waals surface area (Å²) in [5.74, 6) is -0.179. The van der Waals surface area contributed by atoms with E-state index >= 15 is 0 Å². The number of benzene rings is 3. The number of pyridine rings is 2. The number of carbonyl (C=O) groups is 1. The monoisotopic (exact) mass is 475 g/mol. The van der Waals surface area contributed by atoms with Crippen LogP contribution in [0.2, 0.25) is 0 Å². The van der Waals surface area contributed by atoms with Crippen molar-refractivity contribution in [3.8, 4) is 17.1 Å². The van der Waals surface area contributed by atoms with Gasteiger partial charge in [0, 0.05) is 34.3 Å². The summed E-state index contributed by atoms with van der Waals surface area (Å²) in [7, 11) is 0. The summed E-state index contributed by atoms with van der Waals surface area (Å²) in [4.78, 5) is 25.3. The summed E-state index contributed by atoms with van der Waals surface area (Å²) in [5.41, 5.74) is 4.94. The van der Waals surface area contributed by atoms with Gasteiger partial charge in [0.05, 0.1) is 16.9 Å². The van der Waals surface area contributed by atoms with Crippen molar-refractivity contribution < 1.29 is 13.9 Å². The minimum Gasteiger partial charge on any atom is -0.424 e. The molecule has 3 aromatic heterocycles. The minimum atomic E-state index is -0.329. The fourth-order valence-corrected chi connectivity index (χ4v) is 4.65. The third kappa shape index (κ3) is 4.18. The van der Waals surface area contributed by atoms with E-state index in [1.165, 1.54) is 12.1 Å². The van der Waals surface area contributed by atoms with Crippen LogP contribution >= 0.6 is 0 Å². The Bertz CT molecular complexity index is 1740. The van der Waals surface area contributed by atoms with E-state index in [9.17, 15) is 9.18 Å². The van der Waals surface area contributed by atoms with Crippen LogP contribution in [0.4, 0.5) is 4.39 Å². The predicted molar refractivity (Wildman–Crippen MR) is 139 cm³/mol. The van der Waals surface area contributed by atoms with E-state index in [-0.39, 0.29) is 18.2 Å². The third-order valence-corrected chi connectivity index (χ3v) is 6.35. The van der Waals surface area contributed by atoms with Crippen molar-refractivity contribution in [1.29, 1.82) is 0 Å². The molecule has 0 aliphatic rings. The molecule has 1 N–H and O–H groups in total. The Morgan fingerprint density at radius 2 is 1.78 bits per heavy atom. The number of fused-ring (bicyclic) bond motifs is 3. The number of hydrogen-bond acceptors (Lipinski definition) is 4. The molecule has 0 atom stereocenters. The molecule has 6 rings (SSSR count). The first-order valence-corrected chi connectivity index (χ1v) is 11.9. The number of aromatic amines is 1. The fraction of sp³-hybridized carbons (Fsp3) is 0.100. The molecule has 0 fully saturated rings. The molecule has 6 heteroatoms. The number of aryl methyl sites for hydroxylation is 1. The summed E-state index contributed by atoms with van der Waals surface area (Å²) >= 11 is 0. The van der Waals surface area contributed by atoms with Crippen LogP contribution in [-0.4, -0.2) is 20.9 Å². The molecule has 0 aliphatic heterocycles. The van der Waals surface area contributed by atoms with E-state index in [1.807, 2.05) is 60.7 Å². The number of halogens is 1. The lowest BCUT2D eigenvalue weighted by molar-refractivity contribution is -0.134. The number of ether oxygens (including phenoxy) is 1. The number of H-pyrrole nitrogens is 1. The Balaban J connectivity index is 1.26. The highest BCUT2D eigenvalue weighted by Gasteiger charge is 2.17. The molecule has 0 spiro atoms. The highest BCUT2D eigenvalue weighted by molar-refractivity contribution is 5.92. The Morgan fingerprint density at radius 3 is 2.72 bits per heavy atom. The molecule has 0 unspecified atom stereocenters. The zero-order chi connectivity index (χ0) is 24.5. The molecule has 0 saturated carbocycles. The van der Waals surface area contributed by atoms with Crippen LogP contribution in [-0.2, 0) is 11.2 Å². The van der Waals surface area contributed by atoms with Crippen LogP contribution < -0.4 is 4.74 Å². The van der Waals surface area contributed by atoms with Gasteiger partial charge in [-0.15, -0.1) is 0 Å². The van der Waals surface area contributed by atoms with Gasteiger partial charge in [0.2, 0.25) is 0 Å². The SMILES string of the molecule is O=C(CCCc1c(-c2ccc3ccccc3n2)[nH]c2ccc(F)cc12)Oc1cccc2cccnc12. The van der Waals surface area contributed by atoms with Crippen LogP contribution in [0, 0.1) is 5.82 Å². The number of carbonyl (C=O) groups excluding carboxylic acids is 1. The molecule has 0 aliphatic carbocycles. The van der Waals surface area contributed by atoms with Crippen molar-refractivity contribution in [3.05, 3.63) is 103 Å². The molecule has 36 heavy (non-hydrogen) atoms. The zero-order valence-electron chi connectivity index (χ0n) is 19.4. The van der Waals surface area contributed by atoms with E-state index in [1.54, 1.807) is 18.3 Å². The van der Waals surface area contributed by atoms with E-state index in [0.29, 0.717) is 24.1 Å². The molecule has 0 amide bonds. The Labute approximate surface area is 206 Å². The highest BCUT2D eigenvalue weighted by Crippen LogP contribution is 2.32. The largest absolute Gasteiger partial charge is 0.424 e. The maximum Gasteiger partial charge on any atom is 0.311 e. The quantitative estimate of drug-likeness (QED) is 0.208. The predicted octanol–water partition coefficient (Wildman–Crippen LogP) is 7.00. The number of rotatable bonds is 6. The number of aromatic nitrogens is 3. The van der Waals surface area contributed by atoms with Crippen molar-refractivity contribution in [2.24, 2.45) is 0 Å². The summed E-state index contributed by atoms with van der Waals surface area (Å²) < 4.78 is 19.8. The van der Waals surface area contributed by atoms with Crippen molar-refractivity contribution in [2.75, 3.05) is 0 Å². The first kappa shape index (κ1) is 21.9. The third-order valence-electron chi connectivity index (χ3n) is 6.35. The smallest absolute Gasteiger partial charge is 0.311 e. The van der Waals surface area contributed by atoms with Gasteiger partial charge in [0.1, 0.15) is 11.3 Å². The van der Waals surface area contributed by atoms with Gasteiger partial charge in [-0.25, -0.2) is 9.37 Å². The normalized spacial score (nSPS) is 11.4. The fourth-order valence-electron chi connectivity index (χ4n) is 4.65. The number of nitrogens with one attached hydrogen (secondary N) is 1. The second kappa shape index (κ2) is 9.23. The van der Waals surface area contributed by atoms with E-state index in [4.69, 9.17) is 9.72 Å². The van der Waals surface area contributed by atoms with Crippen molar-refractivity contribution in [1.82, 2.24) is 15.0 Å². The molecule has 176 valence electrons. The maximum absolute atomic E-state index is 14.1. The standard InChI is InChI=1S/C30H22FN3O2/c31-21-14-16-25-23(18-21)22(30(34-25)26-15-13-19-6-1-2-10-24(19)33-26)9-4-12-28(35)36-27-11-3-7-20-8-5-17-32-29(20)27/h1-3,5-8,10-11,13-18,34H,4,9,12H2. The first-order chi connectivity index (χ1) is 17.7. The maximum atomic E-state index is 14.1. The average Bonchev–Trinajstić information content (AvgIpc) is 3.26. The van der Waals surface area contributed by atoms with Gasteiger partial charge in [-0.2, -0.15) is 0 Å². The molecule has 3 heterocycles. The van der Waals surface area contributed by atoms with Gasteiger partial charge >= 0.3 is 5.97 Å². The lowest BCUT2D eigenvalue weighted by Crippen LogP contribution is -2.08.